The van der Waals surface area contributed by atoms with E-state index in [1.807, 2.05) is 17.9 Å². The van der Waals surface area contributed by atoms with Gasteiger partial charge in [0.2, 0.25) is 11.9 Å². The first-order chi connectivity index (χ1) is 22.6. The number of carbonyl (C=O) groups excluding carboxylic acids is 1. The Bertz CT molecular complexity index is 1320. The number of aryl methyl sites for hydroxylation is 1. The summed E-state index contributed by atoms with van der Waals surface area (Å²) >= 11 is 0. The van der Waals surface area contributed by atoms with E-state index in [-0.39, 0.29) is 36.2 Å². The maximum Gasteiger partial charge on any atom is 0.421 e. The molecule has 260 valence electrons. The van der Waals surface area contributed by atoms with Crippen LogP contribution < -0.4 is 15.5 Å². The summed E-state index contributed by atoms with van der Waals surface area (Å²) in [5.41, 5.74) is 2.11. The minimum absolute atomic E-state index is 0.0412. The Morgan fingerprint density at radius 2 is 1.70 bits per heavy atom. The van der Waals surface area contributed by atoms with Gasteiger partial charge in [0, 0.05) is 87.9 Å². The number of piperidine rings is 2. The minimum Gasteiger partial charge on any atom is -0.371 e. The molecule has 0 saturated carbocycles. The molecule has 2 atom stereocenters. The Hall–Kier alpha value is -3.12. The molecule has 1 amide bonds. The van der Waals surface area contributed by atoms with Crippen LogP contribution in [0.3, 0.4) is 0 Å². The highest BCUT2D eigenvalue weighted by Gasteiger charge is 2.36. The van der Waals surface area contributed by atoms with E-state index in [4.69, 9.17) is 0 Å². The van der Waals surface area contributed by atoms with Crippen LogP contribution in [0.4, 0.5) is 36.3 Å². The summed E-state index contributed by atoms with van der Waals surface area (Å²) in [5, 5.41) is 6.09. The molecule has 3 fully saturated rings. The molecule has 2 unspecified atom stereocenters. The molecule has 2 N–H and O–H groups in total. The summed E-state index contributed by atoms with van der Waals surface area (Å²) in [7, 11) is 2.19. The number of nitrogens with zero attached hydrogens (tertiary/aromatic N) is 6. The molecular weight excluding hydrogens is 605 g/mol. The number of alkyl halides is 3. The molecule has 0 spiro atoms. The Balaban J connectivity index is 1.21. The molecule has 0 radical (unpaired) electrons. The Kier molecular flexibility index (Phi) is 11.9. The molecule has 0 bridgehead atoms. The number of likely N-dealkylation sites (N-methyl/N-ethyl adjacent to an activating group) is 1. The van der Waals surface area contributed by atoms with Crippen molar-refractivity contribution in [2.75, 3.05) is 74.9 Å². The number of rotatable bonds is 12. The smallest absolute Gasteiger partial charge is 0.371 e. The molecule has 2 aromatic rings. The van der Waals surface area contributed by atoms with Crippen molar-refractivity contribution >= 4 is 29.0 Å². The fourth-order valence-corrected chi connectivity index (χ4v) is 7.41. The summed E-state index contributed by atoms with van der Waals surface area (Å²) in [4.78, 5) is 30.7. The number of amides is 1. The number of hydrogen-bond acceptors (Lipinski definition) is 8. The molecule has 5 rings (SSSR count). The van der Waals surface area contributed by atoms with E-state index in [1.165, 1.54) is 5.69 Å². The molecule has 0 aliphatic carbocycles. The van der Waals surface area contributed by atoms with Crippen LogP contribution in [-0.2, 0) is 17.4 Å². The number of aromatic nitrogens is 2. The van der Waals surface area contributed by atoms with E-state index in [0.717, 1.165) is 102 Å². The van der Waals surface area contributed by atoms with Crippen LogP contribution in [0, 0.1) is 5.92 Å². The summed E-state index contributed by atoms with van der Waals surface area (Å²) in [5.74, 6) is 0.0675. The lowest BCUT2D eigenvalue weighted by atomic mass is 9.89. The topological polar surface area (TPSA) is 79.9 Å². The lowest BCUT2D eigenvalue weighted by Crippen LogP contribution is -2.52. The molecule has 3 aliphatic rings. The Morgan fingerprint density at radius 1 is 0.957 bits per heavy atom. The second-order valence-corrected chi connectivity index (χ2v) is 13.4. The van der Waals surface area contributed by atoms with Crippen LogP contribution >= 0.6 is 0 Å². The Labute approximate surface area is 278 Å². The molecule has 1 aromatic heterocycles. The van der Waals surface area contributed by atoms with E-state index in [2.05, 4.69) is 68.3 Å². The largest absolute Gasteiger partial charge is 0.421 e. The van der Waals surface area contributed by atoms with Gasteiger partial charge in [-0.2, -0.15) is 18.2 Å². The maximum absolute atomic E-state index is 13.9. The van der Waals surface area contributed by atoms with Gasteiger partial charge in [-0.3, -0.25) is 9.69 Å². The van der Waals surface area contributed by atoms with Gasteiger partial charge in [0.25, 0.3) is 0 Å². The van der Waals surface area contributed by atoms with Crippen molar-refractivity contribution in [2.24, 2.45) is 5.92 Å². The number of carbonyl (C=O) groups is 1. The average Bonchev–Trinajstić information content (AvgIpc) is 3.07. The zero-order chi connectivity index (χ0) is 33.6. The third kappa shape index (κ3) is 8.68. The minimum atomic E-state index is -4.60. The first-order valence-corrected chi connectivity index (χ1v) is 17.7. The van der Waals surface area contributed by atoms with Crippen LogP contribution in [0.25, 0.3) is 0 Å². The van der Waals surface area contributed by atoms with Crippen LogP contribution in [0.5, 0.6) is 0 Å². The van der Waals surface area contributed by atoms with Gasteiger partial charge in [-0.25, -0.2) is 4.98 Å². The number of piperazine rings is 1. The lowest BCUT2D eigenvalue weighted by molar-refractivity contribution is -0.142. The van der Waals surface area contributed by atoms with Crippen LogP contribution in [0.15, 0.2) is 24.4 Å². The lowest BCUT2D eigenvalue weighted by Gasteiger charge is -2.42. The number of likely N-dealkylation sites (tertiary alicyclic amines) is 1. The van der Waals surface area contributed by atoms with Crippen molar-refractivity contribution < 1.29 is 18.0 Å². The maximum atomic E-state index is 13.9. The van der Waals surface area contributed by atoms with Crippen molar-refractivity contribution in [3.8, 4) is 0 Å². The quantitative estimate of drug-likeness (QED) is 0.260. The summed E-state index contributed by atoms with van der Waals surface area (Å²) in [6.45, 7) is 13.5. The van der Waals surface area contributed by atoms with E-state index >= 15 is 0 Å². The zero-order valence-electron chi connectivity index (χ0n) is 28.6. The fraction of sp³-hybridized carbons (Fsp3) is 0.686. The SMILES string of the molecule is CCc1cc(N2CCC(N3CCN(C)CC3)CC2)ccc1Nc1ncc(C(F)(F)F)c(NCCCN2C(=O)C(CC)CCC2CC)n1. The van der Waals surface area contributed by atoms with Gasteiger partial charge in [0.1, 0.15) is 11.4 Å². The third-order valence-corrected chi connectivity index (χ3v) is 10.4. The second-order valence-electron chi connectivity index (χ2n) is 13.4. The molecule has 12 heteroatoms. The van der Waals surface area contributed by atoms with Gasteiger partial charge in [-0.15, -0.1) is 0 Å². The van der Waals surface area contributed by atoms with Crippen LogP contribution in [0.2, 0.25) is 0 Å². The molecule has 3 aliphatic heterocycles. The van der Waals surface area contributed by atoms with Crippen LogP contribution in [-0.4, -0.2) is 102 Å². The summed E-state index contributed by atoms with van der Waals surface area (Å²) in [6.07, 6.45) is 3.40. The predicted octanol–water partition coefficient (Wildman–Crippen LogP) is 6.25. The normalized spacial score (nSPS) is 22.1. The Morgan fingerprint density at radius 3 is 2.36 bits per heavy atom. The summed E-state index contributed by atoms with van der Waals surface area (Å²) < 4.78 is 41.8. The molecule has 1 aromatic carbocycles. The second kappa shape index (κ2) is 15.9. The zero-order valence-corrected chi connectivity index (χ0v) is 28.6. The van der Waals surface area contributed by atoms with Crippen molar-refractivity contribution in [2.45, 2.75) is 90.4 Å². The average molecular weight is 659 g/mol. The van der Waals surface area contributed by atoms with Gasteiger partial charge >= 0.3 is 6.18 Å². The van der Waals surface area contributed by atoms with Gasteiger partial charge in [0.05, 0.1) is 0 Å². The number of nitrogens with one attached hydrogen (secondary N) is 2. The van der Waals surface area contributed by atoms with Crippen LogP contribution in [0.1, 0.15) is 76.8 Å². The van der Waals surface area contributed by atoms with Gasteiger partial charge in [-0.1, -0.05) is 20.8 Å². The number of anilines is 4. The molecule has 9 nitrogen and oxygen atoms in total. The standard InChI is InChI=1S/C35H53F3N8O/c1-5-25-9-10-27(7-3)46(33(25)47)16-8-15-39-32-30(35(36,37)38)24-40-34(42-32)41-31-12-11-29(23-26(31)6-2)44-17-13-28(14-18-44)45-21-19-43(4)20-22-45/h11-12,23-25,27-28H,5-10,13-22H2,1-4H3,(H2,39,40,41,42). The van der Waals surface area contributed by atoms with E-state index in [0.29, 0.717) is 19.0 Å². The summed E-state index contributed by atoms with van der Waals surface area (Å²) in [6, 6.07) is 7.07. The fourth-order valence-electron chi connectivity index (χ4n) is 7.41. The predicted molar refractivity (Wildman–Crippen MR) is 182 cm³/mol. The molecule has 3 saturated heterocycles. The van der Waals surface area contributed by atoms with E-state index < -0.39 is 11.7 Å². The highest BCUT2D eigenvalue weighted by molar-refractivity contribution is 5.80. The monoisotopic (exact) mass is 658 g/mol. The molecular formula is C35H53F3N8O. The molecule has 47 heavy (non-hydrogen) atoms. The highest BCUT2D eigenvalue weighted by atomic mass is 19.4. The van der Waals surface area contributed by atoms with Gasteiger partial charge in [0.15, 0.2) is 0 Å². The first-order valence-electron chi connectivity index (χ1n) is 17.7. The van der Waals surface area contributed by atoms with Crippen molar-refractivity contribution in [3.05, 3.63) is 35.5 Å². The number of benzene rings is 1. The number of hydrogen-bond donors (Lipinski definition) is 2. The van der Waals surface area contributed by atoms with Crippen molar-refractivity contribution in [3.63, 3.8) is 0 Å². The number of halogens is 3. The van der Waals surface area contributed by atoms with Crippen molar-refractivity contribution in [1.82, 2.24) is 24.7 Å². The first kappa shape index (κ1) is 35.2. The third-order valence-electron chi connectivity index (χ3n) is 10.4. The van der Waals surface area contributed by atoms with Gasteiger partial charge < -0.3 is 25.3 Å². The van der Waals surface area contributed by atoms with E-state index in [1.54, 1.807) is 0 Å². The highest BCUT2D eigenvalue weighted by Crippen LogP contribution is 2.35. The van der Waals surface area contributed by atoms with Gasteiger partial charge in [-0.05, 0) is 82.2 Å². The molecule has 4 heterocycles. The van der Waals surface area contributed by atoms with Crippen molar-refractivity contribution in [1.29, 1.82) is 0 Å². The van der Waals surface area contributed by atoms with E-state index in [9.17, 15) is 18.0 Å².